The number of esters is 1. The van der Waals surface area contributed by atoms with Crippen LogP contribution in [0.3, 0.4) is 0 Å². The van der Waals surface area contributed by atoms with Gasteiger partial charge in [0, 0.05) is 11.8 Å². The quantitative estimate of drug-likeness (QED) is 0.580. The van der Waals surface area contributed by atoms with Gasteiger partial charge in [0.2, 0.25) is 0 Å². The molecule has 2 N–H and O–H groups in total. The van der Waals surface area contributed by atoms with Crippen molar-refractivity contribution in [1.29, 1.82) is 0 Å². The Balaban J connectivity index is 2.29. The van der Waals surface area contributed by atoms with Gasteiger partial charge in [-0.1, -0.05) is 20.8 Å². The molecule has 0 spiro atoms. The molecule has 0 aromatic carbocycles. The first kappa shape index (κ1) is 16.1. The lowest BCUT2D eigenvalue weighted by atomic mass is 9.94. The zero-order valence-electron chi connectivity index (χ0n) is 11.3. The molecule has 0 aromatic rings. The topological polar surface area (TPSA) is 52.3 Å². The maximum atomic E-state index is 11.7. The molecule has 18 heavy (non-hydrogen) atoms. The molecule has 1 rings (SSSR count). The smallest absolute Gasteiger partial charge is 0.306 e. The van der Waals surface area contributed by atoms with Crippen molar-refractivity contribution < 1.29 is 9.53 Å². The minimum absolute atomic E-state index is 0.196. The number of hydrogen-bond acceptors (Lipinski definition) is 3. The highest BCUT2D eigenvalue weighted by atomic mass is 35.5. The molecular formula is C13H23Cl2NO2. The van der Waals surface area contributed by atoms with Gasteiger partial charge in [-0.25, -0.2) is 0 Å². The second-order valence-electron chi connectivity index (χ2n) is 6.04. The van der Waals surface area contributed by atoms with Crippen LogP contribution in [0.15, 0.2) is 0 Å². The molecule has 5 heteroatoms. The maximum Gasteiger partial charge on any atom is 0.306 e. The van der Waals surface area contributed by atoms with E-state index in [1.807, 2.05) is 6.92 Å². The van der Waals surface area contributed by atoms with Gasteiger partial charge in [-0.2, -0.15) is 0 Å². The average molecular weight is 296 g/mol. The van der Waals surface area contributed by atoms with Crippen molar-refractivity contribution in [2.75, 3.05) is 13.2 Å². The van der Waals surface area contributed by atoms with E-state index in [9.17, 15) is 4.79 Å². The molecule has 0 amide bonds. The Labute approximate surface area is 119 Å². The molecule has 1 unspecified atom stereocenters. The van der Waals surface area contributed by atoms with Gasteiger partial charge in [-0.05, 0) is 31.2 Å². The normalized spacial score (nSPS) is 27.1. The van der Waals surface area contributed by atoms with Crippen molar-refractivity contribution >= 4 is 29.2 Å². The second-order valence-corrected chi connectivity index (χ2v) is 7.52. The van der Waals surface area contributed by atoms with Crippen molar-refractivity contribution in [3.63, 3.8) is 0 Å². The summed E-state index contributed by atoms with van der Waals surface area (Å²) >= 11 is 12.0. The van der Waals surface area contributed by atoms with Gasteiger partial charge in [-0.15, -0.1) is 23.2 Å². The molecule has 1 aliphatic carbocycles. The zero-order chi connectivity index (χ0) is 14.0. The van der Waals surface area contributed by atoms with Gasteiger partial charge >= 0.3 is 5.97 Å². The first-order chi connectivity index (χ1) is 8.20. The zero-order valence-corrected chi connectivity index (χ0v) is 12.9. The fraction of sp³-hybridized carbons (Fsp3) is 0.923. The summed E-state index contributed by atoms with van der Waals surface area (Å²) in [7, 11) is 0. The highest BCUT2D eigenvalue weighted by Gasteiger charge is 2.63. The van der Waals surface area contributed by atoms with Crippen LogP contribution in [0.2, 0.25) is 0 Å². The molecule has 0 aromatic heterocycles. The molecule has 106 valence electrons. The van der Waals surface area contributed by atoms with Gasteiger partial charge < -0.3 is 10.5 Å². The Morgan fingerprint density at radius 2 is 2.00 bits per heavy atom. The van der Waals surface area contributed by atoms with E-state index in [0.29, 0.717) is 25.3 Å². The average Bonchev–Trinajstić information content (AvgIpc) is 2.74. The molecular weight excluding hydrogens is 273 g/mol. The van der Waals surface area contributed by atoms with Crippen molar-refractivity contribution in [1.82, 2.24) is 0 Å². The number of rotatable bonds is 7. The Morgan fingerprint density at radius 1 is 1.44 bits per heavy atom. The molecule has 1 saturated carbocycles. The Morgan fingerprint density at radius 3 is 2.39 bits per heavy atom. The first-order valence-electron chi connectivity index (χ1n) is 6.44. The van der Waals surface area contributed by atoms with Gasteiger partial charge in [0.1, 0.15) is 4.33 Å². The third-order valence-electron chi connectivity index (χ3n) is 3.52. The standard InChI is InChI=1S/C13H23Cl2NO2/c1-9(2)4-10(6-16)5-11(17)18-8-12(3)7-13(12,14)15/h9-10H,4-8,16H2,1-3H3/t10-,12?/m0/s1. The molecule has 0 saturated heterocycles. The largest absolute Gasteiger partial charge is 0.465 e. The molecule has 0 heterocycles. The molecule has 0 aliphatic heterocycles. The van der Waals surface area contributed by atoms with Crippen LogP contribution < -0.4 is 5.73 Å². The monoisotopic (exact) mass is 295 g/mol. The fourth-order valence-electron chi connectivity index (χ4n) is 2.07. The van der Waals surface area contributed by atoms with Crippen LogP contribution in [0.4, 0.5) is 0 Å². The van der Waals surface area contributed by atoms with Crippen molar-refractivity contribution in [3.8, 4) is 0 Å². The lowest BCUT2D eigenvalue weighted by molar-refractivity contribution is -0.146. The van der Waals surface area contributed by atoms with E-state index in [2.05, 4.69) is 13.8 Å². The van der Waals surface area contributed by atoms with Crippen molar-refractivity contribution in [2.45, 2.75) is 44.4 Å². The number of nitrogens with two attached hydrogens (primary N) is 1. The van der Waals surface area contributed by atoms with Crippen LogP contribution >= 0.6 is 23.2 Å². The number of halogens is 2. The van der Waals surface area contributed by atoms with E-state index in [1.165, 1.54) is 0 Å². The lowest BCUT2D eigenvalue weighted by Crippen LogP contribution is -2.23. The molecule has 1 fully saturated rings. The van der Waals surface area contributed by atoms with E-state index in [0.717, 1.165) is 6.42 Å². The number of hydrogen-bond donors (Lipinski definition) is 1. The number of carbonyl (C=O) groups excluding carboxylic acids is 1. The molecule has 3 nitrogen and oxygen atoms in total. The van der Waals surface area contributed by atoms with Gasteiger partial charge in [0.05, 0.1) is 6.61 Å². The minimum Gasteiger partial charge on any atom is -0.465 e. The van der Waals surface area contributed by atoms with Crippen LogP contribution in [0.5, 0.6) is 0 Å². The molecule has 1 aliphatic rings. The summed E-state index contributed by atoms with van der Waals surface area (Å²) in [4.78, 5) is 11.7. The number of alkyl halides is 2. The Hall–Kier alpha value is 0.01000. The second kappa shape index (κ2) is 5.98. The lowest BCUT2D eigenvalue weighted by Gasteiger charge is -2.17. The van der Waals surface area contributed by atoms with Crippen LogP contribution in [-0.4, -0.2) is 23.5 Å². The van der Waals surface area contributed by atoms with Crippen LogP contribution in [0.1, 0.15) is 40.0 Å². The summed E-state index contributed by atoms with van der Waals surface area (Å²) in [5.41, 5.74) is 5.37. The van der Waals surface area contributed by atoms with Crippen LogP contribution in [-0.2, 0) is 9.53 Å². The summed E-state index contributed by atoms with van der Waals surface area (Å²) in [6.07, 6.45) is 1.99. The van der Waals surface area contributed by atoms with Crippen molar-refractivity contribution in [3.05, 3.63) is 0 Å². The van der Waals surface area contributed by atoms with E-state index < -0.39 is 4.33 Å². The molecule has 0 radical (unpaired) electrons. The maximum absolute atomic E-state index is 11.7. The minimum atomic E-state index is -0.738. The van der Waals surface area contributed by atoms with Crippen LogP contribution in [0.25, 0.3) is 0 Å². The third-order valence-corrected chi connectivity index (χ3v) is 4.70. The van der Waals surface area contributed by atoms with E-state index in [4.69, 9.17) is 33.7 Å². The predicted molar refractivity (Wildman–Crippen MR) is 74.7 cm³/mol. The summed E-state index contributed by atoms with van der Waals surface area (Å²) in [5.74, 6) is 0.523. The first-order valence-corrected chi connectivity index (χ1v) is 7.19. The SMILES string of the molecule is CC(C)C[C@H](CN)CC(=O)OCC1(C)CC1(Cl)Cl. The highest BCUT2D eigenvalue weighted by molar-refractivity contribution is 6.51. The van der Waals surface area contributed by atoms with Gasteiger partial charge in [-0.3, -0.25) is 4.79 Å². The summed E-state index contributed by atoms with van der Waals surface area (Å²) in [6.45, 7) is 6.97. The molecule has 2 atom stereocenters. The molecule has 0 bridgehead atoms. The van der Waals surface area contributed by atoms with E-state index in [-0.39, 0.29) is 23.9 Å². The van der Waals surface area contributed by atoms with Crippen molar-refractivity contribution in [2.24, 2.45) is 23.0 Å². The Kier molecular flexibility index (Phi) is 5.33. The van der Waals surface area contributed by atoms with Gasteiger partial charge in [0.25, 0.3) is 0 Å². The Bertz CT molecular complexity index is 307. The number of ether oxygens (including phenoxy) is 1. The predicted octanol–water partition coefficient (Wildman–Crippen LogP) is 3.12. The van der Waals surface area contributed by atoms with Crippen LogP contribution in [0, 0.1) is 17.3 Å². The fourth-order valence-corrected chi connectivity index (χ4v) is 2.77. The van der Waals surface area contributed by atoms with E-state index in [1.54, 1.807) is 0 Å². The summed E-state index contributed by atoms with van der Waals surface area (Å²) < 4.78 is 4.52. The van der Waals surface area contributed by atoms with E-state index >= 15 is 0 Å². The highest BCUT2D eigenvalue weighted by Crippen LogP contribution is 2.63. The van der Waals surface area contributed by atoms with Gasteiger partial charge in [0.15, 0.2) is 0 Å². The number of carbonyl (C=O) groups is 1. The summed E-state index contributed by atoms with van der Waals surface area (Å²) in [5, 5.41) is 0. The summed E-state index contributed by atoms with van der Waals surface area (Å²) in [6, 6.07) is 0. The third kappa shape index (κ3) is 4.29.